The van der Waals surface area contributed by atoms with Gasteiger partial charge in [0.15, 0.2) is 5.58 Å². The van der Waals surface area contributed by atoms with Crippen molar-refractivity contribution in [3.63, 3.8) is 0 Å². The Labute approximate surface area is 126 Å². The van der Waals surface area contributed by atoms with Crippen molar-refractivity contribution in [2.24, 2.45) is 5.92 Å². The Morgan fingerprint density at radius 1 is 1.27 bits per heavy atom. The third-order valence-corrected chi connectivity index (χ3v) is 4.11. The Morgan fingerprint density at radius 3 is 2.59 bits per heavy atom. The highest BCUT2D eigenvalue weighted by Gasteiger charge is 2.29. The molecule has 1 aromatic heterocycles. The number of aromatic nitrogens is 1. The van der Waals surface area contributed by atoms with Gasteiger partial charge in [-0.05, 0) is 25.0 Å². The van der Waals surface area contributed by atoms with Gasteiger partial charge in [0, 0.05) is 37.7 Å². The molecule has 0 atom stereocenters. The summed E-state index contributed by atoms with van der Waals surface area (Å²) >= 11 is 0. The lowest BCUT2D eigenvalue weighted by molar-refractivity contribution is -0.130. The summed E-state index contributed by atoms with van der Waals surface area (Å²) in [5.74, 6) is -1.25. The molecule has 1 aliphatic heterocycles. The number of rotatable bonds is 1. The highest BCUT2D eigenvalue weighted by molar-refractivity contribution is 5.91. The molecular weight excluding hydrogens is 286 g/mol. The number of nitrogen functional groups attached to an aromatic ring is 1. The smallest absolute Gasteiger partial charge is 0.407 e. The number of hydrogen-bond donors (Lipinski definition) is 1. The van der Waals surface area contributed by atoms with E-state index in [1.165, 1.54) is 13.0 Å². The number of likely N-dealkylation sites (tertiary alicyclic amines) is 1. The number of nitrogens with two attached hydrogens (primary N) is 1. The fraction of sp³-hybridized carbons (Fsp3) is 0.400. The maximum absolute atomic E-state index is 12.6. The highest BCUT2D eigenvalue weighted by atomic mass is 16.4. The number of carbonyl (C=O) groups excluding carboxylic acids is 2. The second-order valence-corrected chi connectivity index (χ2v) is 5.55. The fourth-order valence-electron chi connectivity index (χ4n) is 2.87. The monoisotopic (exact) mass is 303 g/mol. The normalized spacial score (nSPS) is 16.1. The van der Waals surface area contributed by atoms with Gasteiger partial charge in [-0.25, -0.2) is 9.36 Å². The van der Waals surface area contributed by atoms with E-state index in [-0.39, 0.29) is 17.7 Å². The number of anilines is 1. The maximum atomic E-state index is 12.6. The summed E-state index contributed by atoms with van der Waals surface area (Å²) in [6, 6.07) is 4.76. The molecule has 0 spiro atoms. The summed E-state index contributed by atoms with van der Waals surface area (Å²) < 4.78 is 6.17. The molecule has 0 aliphatic carbocycles. The molecule has 0 saturated carbocycles. The summed E-state index contributed by atoms with van der Waals surface area (Å²) in [6.07, 6.45) is 1.10. The van der Waals surface area contributed by atoms with Crippen molar-refractivity contribution >= 4 is 28.6 Å². The van der Waals surface area contributed by atoms with Crippen LogP contribution in [0.4, 0.5) is 5.69 Å². The van der Waals surface area contributed by atoms with E-state index in [4.69, 9.17) is 10.2 Å². The van der Waals surface area contributed by atoms with Crippen LogP contribution < -0.4 is 11.5 Å². The molecular formula is C15H17N3O4. The summed E-state index contributed by atoms with van der Waals surface area (Å²) in [6.45, 7) is 2.58. The van der Waals surface area contributed by atoms with Gasteiger partial charge in [0.25, 0.3) is 0 Å². The van der Waals surface area contributed by atoms with E-state index < -0.39 is 5.76 Å². The van der Waals surface area contributed by atoms with Crippen molar-refractivity contribution in [1.82, 2.24) is 9.47 Å². The summed E-state index contributed by atoms with van der Waals surface area (Å²) in [7, 11) is 0. The van der Waals surface area contributed by atoms with Crippen molar-refractivity contribution in [3.8, 4) is 0 Å². The zero-order valence-electron chi connectivity index (χ0n) is 12.2. The molecule has 3 rings (SSSR count). The number of hydrogen-bond acceptors (Lipinski definition) is 5. The van der Waals surface area contributed by atoms with Crippen LogP contribution in [0.2, 0.25) is 0 Å². The van der Waals surface area contributed by atoms with E-state index in [0.717, 1.165) is 4.57 Å². The van der Waals surface area contributed by atoms with Crippen molar-refractivity contribution < 1.29 is 14.0 Å². The third-order valence-electron chi connectivity index (χ3n) is 4.11. The predicted octanol–water partition coefficient (Wildman–Crippen LogP) is 1.08. The van der Waals surface area contributed by atoms with E-state index in [1.807, 2.05) is 0 Å². The SMILES string of the molecule is CC(=O)N1CCC(C(=O)n2c(=O)oc3cc(N)ccc32)CC1. The number of fused-ring (bicyclic) bond motifs is 1. The molecule has 7 nitrogen and oxygen atoms in total. The van der Waals surface area contributed by atoms with Gasteiger partial charge in [-0.2, -0.15) is 0 Å². The van der Waals surface area contributed by atoms with E-state index >= 15 is 0 Å². The quantitative estimate of drug-likeness (QED) is 0.795. The lowest BCUT2D eigenvalue weighted by Crippen LogP contribution is -2.41. The molecule has 0 bridgehead atoms. The third kappa shape index (κ3) is 2.38. The Morgan fingerprint density at radius 2 is 1.95 bits per heavy atom. The predicted molar refractivity (Wildman–Crippen MR) is 80.5 cm³/mol. The van der Waals surface area contributed by atoms with Gasteiger partial charge >= 0.3 is 5.76 Å². The van der Waals surface area contributed by atoms with Crippen LogP contribution in [0.3, 0.4) is 0 Å². The molecule has 1 amide bonds. The molecule has 0 unspecified atom stereocenters. The molecule has 2 heterocycles. The van der Waals surface area contributed by atoms with Gasteiger partial charge in [0.1, 0.15) is 0 Å². The molecule has 1 saturated heterocycles. The standard InChI is InChI=1S/C15H17N3O4/c1-9(19)17-6-4-10(5-7-17)14(20)18-12-3-2-11(16)8-13(12)22-15(18)21/h2-3,8,10H,4-7,16H2,1H3. The van der Waals surface area contributed by atoms with E-state index in [1.54, 1.807) is 17.0 Å². The topological polar surface area (TPSA) is 98.5 Å². The second-order valence-electron chi connectivity index (χ2n) is 5.55. The fourth-order valence-corrected chi connectivity index (χ4v) is 2.87. The second kappa shape index (κ2) is 5.32. The van der Waals surface area contributed by atoms with Crippen molar-refractivity contribution in [2.45, 2.75) is 19.8 Å². The lowest BCUT2D eigenvalue weighted by atomic mass is 9.95. The number of nitrogens with zero attached hydrogens (tertiary/aromatic N) is 2. The molecule has 22 heavy (non-hydrogen) atoms. The average molecular weight is 303 g/mol. The maximum Gasteiger partial charge on any atom is 0.426 e. The van der Waals surface area contributed by atoms with Crippen molar-refractivity contribution in [1.29, 1.82) is 0 Å². The summed E-state index contributed by atoms with van der Waals surface area (Å²) in [5, 5.41) is 0. The van der Waals surface area contributed by atoms with E-state index in [9.17, 15) is 14.4 Å². The Bertz CT molecular complexity index is 797. The lowest BCUT2D eigenvalue weighted by Gasteiger charge is -2.30. The minimum absolute atomic E-state index is 0.00676. The van der Waals surface area contributed by atoms with Crippen LogP contribution in [0.1, 0.15) is 24.6 Å². The molecule has 1 aromatic carbocycles. The number of benzene rings is 1. The molecule has 0 radical (unpaired) electrons. The van der Waals surface area contributed by atoms with Crippen LogP contribution in [-0.4, -0.2) is 34.4 Å². The van der Waals surface area contributed by atoms with Crippen LogP contribution in [0.5, 0.6) is 0 Å². The zero-order chi connectivity index (χ0) is 15.9. The number of carbonyl (C=O) groups is 2. The van der Waals surface area contributed by atoms with Gasteiger partial charge in [-0.1, -0.05) is 0 Å². The number of piperidine rings is 1. The van der Waals surface area contributed by atoms with Crippen LogP contribution in [0.15, 0.2) is 27.4 Å². The first-order chi connectivity index (χ1) is 10.5. The van der Waals surface area contributed by atoms with Gasteiger partial charge in [0.05, 0.1) is 5.52 Å². The van der Waals surface area contributed by atoms with Crippen LogP contribution in [-0.2, 0) is 4.79 Å². The first-order valence-corrected chi connectivity index (χ1v) is 7.18. The van der Waals surface area contributed by atoms with Crippen LogP contribution >= 0.6 is 0 Å². The average Bonchev–Trinajstić information content (AvgIpc) is 2.81. The number of oxazole rings is 1. The van der Waals surface area contributed by atoms with Gasteiger partial charge < -0.3 is 15.1 Å². The van der Waals surface area contributed by atoms with Crippen molar-refractivity contribution in [3.05, 3.63) is 28.7 Å². The first-order valence-electron chi connectivity index (χ1n) is 7.18. The van der Waals surface area contributed by atoms with Gasteiger partial charge in [0.2, 0.25) is 11.8 Å². The van der Waals surface area contributed by atoms with E-state index in [0.29, 0.717) is 42.7 Å². The Balaban J connectivity index is 1.89. The Hall–Kier alpha value is -2.57. The number of amides is 1. The van der Waals surface area contributed by atoms with Crippen LogP contribution in [0, 0.1) is 5.92 Å². The van der Waals surface area contributed by atoms with E-state index in [2.05, 4.69) is 0 Å². The molecule has 2 N–H and O–H groups in total. The molecule has 7 heteroatoms. The van der Waals surface area contributed by atoms with Crippen molar-refractivity contribution in [2.75, 3.05) is 18.8 Å². The minimum Gasteiger partial charge on any atom is -0.407 e. The highest BCUT2D eigenvalue weighted by Crippen LogP contribution is 2.22. The molecule has 2 aromatic rings. The molecule has 1 aliphatic rings. The summed E-state index contributed by atoms with van der Waals surface area (Å²) in [5.41, 5.74) is 6.85. The Kier molecular flexibility index (Phi) is 3.48. The minimum atomic E-state index is -0.695. The molecule has 116 valence electrons. The van der Waals surface area contributed by atoms with Gasteiger partial charge in [-0.15, -0.1) is 0 Å². The van der Waals surface area contributed by atoms with Gasteiger partial charge in [-0.3, -0.25) is 9.59 Å². The first kappa shape index (κ1) is 14.4. The summed E-state index contributed by atoms with van der Waals surface area (Å²) in [4.78, 5) is 37.6. The zero-order valence-corrected chi connectivity index (χ0v) is 12.2. The largest absolute Gasteiger partial charge is 0.426 e. The molecule has 1 fully saturated rings. The van der Waals surface area contributed by atoms with Crippen LogP contribution in [0.25, 0.3) is 11.1 Å².